The molecule has 1 N–H and O–H groups in total. The van der Waals surface area contributed by atoms with Crippen molar-refractivity contribution in [1.82, 2.24) is 10.2 Å². The molecule has 5 heteroatoms. The van der Waals surface area contributed by atoms with Gasteiger partial charge >= 0.3 is 5.97 Å². The molecule has 0 unspecified atom stereocenters. The zero-order valence-electron chi connectivity index (χ0n) is 11.4. The first-order valence-electron chi connectivity index (χ1n) is 6.77. The van der Waals surface area contributed by atoms with E-state index in [1.807, 2.05) is 12.1 Å². The monoisotopic (exact) mass is 271 g/mol. The number of rotatable bonds is 3. The van der Waals surface area contributed by atoms with Gasteiger partial charge < -0.3 is 9.64 Å². The number of benzene rings is 1. The van der Waals surface area contributed by atoms with Crippen LogP contribution in [0.4, 0.5) is 5.69 Å². The van der Waals surface area contributed by atoms with Crippen LogP contribution in [0.1, 0.15) is 23.3 Å². The number of H-pyrrole nitrogens is 1. The average molecular weight is 271 g/mol. The van der Waals surface area contributed by atoms with Crippen LogP contribution in [0.3, 0.4) is 0 Å². The number of methoxy groups -OCH3 is 1. The molecule has 104 valence electrons. The fourth-order valence-corrected chi connectivity index (χ4v) is 2.52. The quantitative estimate of drug-likeness (QED) is 0.871. The van der Waals surface area contributed by atoms with Crippen molar-refractivity contribution >= 4 is 11.7 Å². The van der Waals surface area contributed by atoms with Gasteiger partial charge in [-0.1, -0.05) is 12.1 Å². The summed E-state index contributed by atoms with van der Waals surface area (Å²) in [5, 5.41) is 6.88. The molecule has 1 fully saturated rings. The van der Waals surface area contributed by atoms with Crippen molar-refractivity contribution in [3.05, 3.63) is 36.0 Å². The summed E-state index contributed by atoms with van der Waals surface area (Å²) in [5.74, 6) is -0.403. The first-order chi connectivity index (χ1) is 9.78. The van der Waals surface area contributed by atoms with Crippen molar-refractivity contribution in [2.24, 2.45) is 0 Å². The van der Waals surface area contributed by atoms with E-state index in [0.29, 0.717) is 5.69 Å². The number of ether oxygens (including phenoxy) is 1. The maximum Gasteiger partial charge on any atom is 0.356 e. The zero-order chi connectivity index (χ0) is 13.9. The highest BCUT2D eigenvalue weighted by molar-refractivity contribution is 5.88. The van der Waals surface area contributed by atoms with Crippen LogP contribution in [0.5, 0.6) is 0 Å². The summed E-state index contributed by atoms with van der Waals surface area (Å²) in [7, 11) is 1.36. The van der Waals surface area contributed by atoms with E-state index in [1.165, 1.54) is 25.6 Å². The number of aromatic nitrogens is 2. The number of anilines is 1. The summed E-state index contributed by atoms with van der Waals surface area (Å²) in [5.41, 5.74) is 3.34. The van der Waals surface area contributed by atoms with Crippen LogP contribution in [0.2, 0.25) is 0 Å². The molecule has 0 spiro atoms. The van der Waals surface area contributed by atoms with Crippen molar-refractivity contribution in [3.8, 4) is 11.3 Å². The summed E-state index contributed by atoms with van der Waals surface area (Å²) in [6.07, 6.45) is 2.50. The predicted octanol–water partition coefficient (Wildman–Crippen LogP) is 2.46. The molecule has 0 radical (unpaired) electrons. The molecule has 5 nitrogen and oxygen atoms in total. The molecular formula is C15H17N3O2. The van der Waals surface area contributed by atoms with E-state index in [0.717, 1.165) is 24.3 Å². The highest BCUT2D eigenvalue weighted by Gasteiger charge is 2.14. The van der Waals surface area contributed by atoms with Gasteiger partial charge in [0.1, 0.15) is 5.69 Å². The Hall–Kier alpha value is -2.30. The summed E-state index contributed by atoms with van der Waals surface area (Å²) in [6, 6.07) is 9.96. The van der Waals surface area contributed by atoms with Gasteiger partial charge in [0.05, 0.1) is 12.8 Å². The fourth-order valence-electron chi connectivity index (χ4n) is 2.52. The van der Waals surface area contributed by atoms with Gasteiger partial charge in [0, 0.05) is 24.3 Å². The number of carbonyl (C=O) groups is 1. The third-order valence-electron chi connectivity index (χ3n) is 3.60. The lowest BCUT2D eigenvalue weighted by Gasteiger charge is -2.17. The van der Waals surface area contributed by atoms with E-state index in [2.05, 4.69) is 32.0 Å². The SMILES string of the molecule is COC(=O)c1cc(-c2cccc(N3CCCC3)c2)n[nH]1. The number of esters is 1. The van der Waals surface area contributed by atoms with E-state index >= 15 is 0 Å². The summed E-state index contributed by atoms with van der Waals surface area (Å²) in [4.78, 5) is 13.8. The smallest absolute Gasteiger partial charge is 0.356 e. The third-order valence-corrected chi connectivity index (χ3v) is 3.60. The Bertz CT molecular complexity index is 615. The van der Waals surface area contributed by atoms with Crippen molar-refractivity contribution in [2.75, 3.05) is 25.1 Å². The van der Waals surface area contributed by atoms with Crippen LogP contribution in [0.25, 0.3) is 11.3 Å². The highest BCUT2D eigenvalue weighted by atomic mass is 16.5. The van der Waals surface area contributed by atoms with Gasteiger partial charge in [-0.2, -0.15) is 5.10 Å². The van der Waals surface area contributed by atoms with Gasteiger partial charge in [-0.25, -0.2) is 4.79 Å². The zero-order valence-corrected chi connectivity index (χ0v) is 11.4. The van der Waals surface area contributed by atoms with Crippen molar-refractivity contribution in [2.45, 2.75) is 12.8 Å². The summed E-state index contributed by atoms with van der Waals surface area (Å²) < 4.78 is 4.67. The summed E-state index contributed by atoms with van der Waals surface area (Å²) in [6.45, 7) is 2.22. The van der Waals surface area contributed by atoms with Crippen LogP contribution < -0.4 is 4.90 Å². The predicted molar refractivity (Wildman–Crippen MR) is 76.8 cm³/mol. The molecular weight excluding hydrogens is 254 g/mol. The minimum Gasteiger partial charge on any atom is -0.464 e. The lowest BCUT2D eigenvalue weighted by molar-refractivity contribution is 0.0594. The van der Waals surface area contributed by atoms with Gasteiger partial charge in [0.2, 0.25) is 0 Å². The second kappa shape index (κ2) is 5.36. The molecule has 1 saturated heterocycles. The lowest BCUT2D eigenvalue weighted by atomic mass is 10.1. The second-order valence-corrected chi connectivity index (χ2v) is 4.90. The average Bonchev–Trinajstić information content (AvgIpc) is 3.18. The van der Waals surface area contributed by atoms with Crippen molar-refractivity contribution in [3.63, 3.8) is 0 Å². The number of nitrogens with zero attached hydrogens (tertiary/aromatic N) is 2. The number of hydrogen-bond acceptors (Lipinski definition) is 4. The molecule has 2 aromatic rings. The first kappa shape index (κ1) is 12.7. The van der Waals surface area contributed by atoms with E-state index in [4.69, 9.17) is 0 Å². The van der Waals surface area contributed by atoms with Gasteiger partial charge in [-0.05, 0) is 31.0 Å². The topological polar surface area (TPSA) is 58.2 Å². The van der Waals surface area contributed by atoms with Gasteiger partial charge in [-0.15, -0.1) is 0 Å². The molecule has 1 aromatic heterocycles. The Balaban J connectivity index is 1.88. The molecule has 20 heavy (non-hydrogen) atoms. The van der Waals surface area contributed by atoms with Crippen LogP contribution in [0.15, 0.2) is 30.3 Å². The lowest BCUT2D eigenvalue weighted by Crippen LogP contribution is -2.17. The molecule has 2 heterocycles. The molecule has 3 rings (SSSR count). The molecule has 0 atom stereocenters. The molecule has 0 aliphatic carbocycles. The van der Waals surface area contributed by atoms with Gasteiger partial charge in [0.15, 0.2) is 0 Å². The minimum atomic E-state index is -0.403. The van der Waals surface area contributed by atoms with Crippen molar-refractivity contribution < 1.29 is 9.53 Å². The number of carbonyl (C=O) groups excluding carboxylic acids is 1. The van der Waals surface area contributed by atoms with Gasteiger partial charge in [0.25, 0.3) is 0 Å². The number of nitrogens with one attached hydrogen (secondary N) is 1. The minimum absolute atomic E-state index is 0.370. The maximum atomic E-state index is 11.4. The van der Waals surface area contributed by atoms with Crippen LogP contribution in [-0.2, 0) is 4.74 Å². The normalized spacial score (nSPS) is 14.6. The molecule has 1 aliphatic rings. The summed E-state index contributed by atoms with van der Waals surface area (Å²) >= 11 is 0. The van der Waals surface area contributed by atoms with E-state index in [9.17, 15) is 4.79 Å². The first-order valence-corrected chi connectivity index (χ1v) is 6.77. The second-order valence-electron chi connectivity index (χ2n) is 4.90. The Kier molecular flexibility index (Phi) is 3.41. The van der Waals surface area contributed by atoms with E-state index in [-0.39, 0.29) is 0 Å². The Labute approximate surface area is 117 Å². The maximum absolute atomic E-state index is 11.4. The van der Waals surface area contributed by atoms with E-state index in [1.54, 1.807) is 6.07 Å². The molecule has 1 aliphatic heterocycles. The van der Waals surface area contributed by atoms with Crippen molar-refractivity contribution in [1.29, 1.82) is 0 Å². The largest absolute Gasteiger partial charge is 0.464 e. The Morgan fingerprint density at radius 3 is 2.85 bits per heavy atom. The third kappa shape index (κ3) is 2.39. The fraction of sp³-hybridized carbons (Fsp3) is 0.333. The highest BCUT2D eigenvalue weighted by Crippen LogP contribution is 2.26. The molecule has 0 saturated carbocycles. The van der Waals surface area contributed by atoms with Crippen LogP contribution in [0, 0.1) is 0 Å². The standard InChI is InChI=1S/C15H17N3O2/c1-20-15(19)14-10-13(16-17-14)11-5-4-6-12(9-11)18-7-2-3-8-18/h4-6,9-10H,2-3,7-8H2,1H3,(H,16,17). The van der Waals surface area contributed by atoms with Crippen LogP contribution in [-0.4, -0.2) is 36.4 Å². The van der Waals surface area contributed by atoms with E-state index < -0.39 is 5.97 Å². The van der Waals surface area contributed by atoms with Gasteiger partial charge in [-0.3, -0.25) is 5.10 Å². The Morgan fingerprint density at radius 2 is 2.10 bits per heavy atom. The molecule has 1 aromatic carbocycles. The number of hydrogen-bond donors (Lipinski definition) is 1. The number of aromatic amines is 1. The Morgan fingerprint density at radius 1 is 1.30 bits per heavy atom. The molecule has 0 amide bonds. The van der Waals surface area contributed by atoms with Crippen LogP contribution >= 0.6 is 0 Å². The molecule has 0 bridgehead atoms.